The van der Waals surface area contributed by atoms with Crippen molar-refractivity contribution in [1.29, 1.82) is 0 Å². The van der Waals surface area contributed by atoms with Crippen molar-refractivity contribution in [3.05, 3.63) is 94.5 Å². The van der Waals surface area contributed by atoms with Crippen molar-refractivity contribution in [1.82, 2.24) is 4.90 Å². The number of halogens is 1. The molecule has 3 heterocycles. The Morgan fingerprint density at radius 3 is 2.62 bits per heavy atom. The Labute approximate surface area is 207 Å². The highest BCUT2D eigenvalue weighted by molar-refractivity contribution is 7.99. The number of nitrogens with one attached hydrogen (secondary N) is 1. The molecule has 3 aromatic carbocycles. The highest BCUT2D eigenvalue weighted by atomic mass is 35.5. The van der Waals surface area contributed by atoms with E-state index in [1.54, 1.807) is 18.9 Å². The molecule has 6 rings (SSSR count). The van der Waals surface area contributed by atoms with Crippen LogP contribution < -0.4 is 10.1 Å². The Morgan fingerprint density at radius 1 is 1.12 bits per heavy atom. The minimum atomic E-state index is -1.12. The summed E-state index contributed by atoms with van der Waals surface area (Å²) in [5.74, 6) is 1.26. The molecular weight excluding hydrogens is 468 g/mol. The van der Waals surface area contributed by atoms with E-state index in [1.165, 1.54) is 0 Å². The Balaban J connectivity index is 1.62. The van der Waals surface area contributed by atoms with E-state index >= 15 is 0 Å². The Morgan fingerprint density at radius 2 is 1.88 bits per heavy atom. The number of ketones is 1. The number of ether oxygens (including phenoxy) is 1. The summed E-state index contributed by atoms with van der Waals surface area (Å²) in [5.41, 5.74) is 2.08. The van der Waals surface area contributed by atoms with Crippen LogP contribution in [0.4, 0.5) is 5.69 Å². The molecule has 0 saturated carbocycles. The van der Waals surface area contributed by atoms with Gasteiger partial charge in [0, 0.05) is 45.4 Å². The van der Waals surface area contributed by atoms with Gasteiger partial charge in [-0.3, -0.25) is 14.5 Å². The number of carbonyl (C=O) groups excluding carboxylic acids is 2. The minimum Gasteiger partial charge on any atom is -0.497 e. The van der Waals surface area contributed by atoms with E-state index in [4.69, 9.17) is 16.3 Å². The molecule has 0 radical (unpaired) electrons. The number of Topliss-reactive ketones (excluding diaryl/α,β-unsaturated/α-hetero) is 1. The molecule has 2 fully saturated rings. The highest BCUT2D eigenvalue weighted by Crippen LogP contribution is 2.61. The normalized spacial score (nSPS) is 27.5. The molecule has 0 aliphatic carbocycles. The summed E-state index contributed by atoms with van der Waals surface area (Å²) in [5, 5.41) is 3.74. The van der Waals surface area contributed by atoms with E-state index in [9.17, 15) is 9.59 Å². The molecule has 1 amide bonds. The smallest absolute Gasteiger partial charge is 0.250 e. The Bertz CT molecular complexity index is 1280. The van der Waals surface area contributed by atoms with Crippen LogP contribution in [0.15, 0.2) is 72.8 Å². The fourth-order valence-corrected chi connectivity index (χ4v) is 7.47. The fourth-order valence-electron chi connectivity index (χ4n) is 6.02. The van der Waals surface area contributed by atoms with Crippen LogP contribution in [0, 0.1) is 5.92 Å². The van der Waals surface area contributed by atoms with Gasteiger partial charge in [0.25, 0.3) is 0 Å². The number of methoxy groups -OCH3 is 1. The summed E-state index contributed by atoms with van der Waals surface area (Å²) in [6, 6.07) is 22.7. The van der Waals surface area contributed by atoms with Crippen LogP contribution in [0.5, 0.6) is 5.75 Å². The second-order valence-electron chi connectivity index (χ2n) is 8.95. The largest absolute Gasteiger partial charge is 0.497 e. The molecule has 2 saturated heterocycles. The molecular formula is C27H23ClN2O3S. The quantitative estimate of drug-likeness (QED) is 0.511. The van der Waals surface area contributed by atoms with Gasteiger partial charge >= 0.3 is 0 Å². The van der Waals surface area contributed by atoms with Crippen molar-refractivity contribution in [2.75, 3.05) is 24.1 Å². The zero-order chi connectivity index (χ0) is 23.4. The number of benzene rings is 3. The standard InChI is InChI=1S/C27H23ClN2O3S/c1-33-19-11-12-21-20(13-19)27(26(32)29-21)24(25(31)17-5-3-2-4-6-17)23(22-14-34-15-30(22)27)16-7-9-18(28)10-8-16/h2-13,22-24H,14-15H2,1H3,(H,29,32). The van der Waals surface area contributed by atoms with Gasteiger partial charge in [-0.05, 0) is 35.9 Å². The topological polar surface area (TPSA) is 58.6 Å². The van der Waals surface area contributed by atoms with Crippen molar-refractivity contribution in [2.24, 2.45) is 5.92 Å². The van der Waals surface area contributed by atoms with Gasteiger partial charge in [-0.25, -0.2) is 0 Å². The molecule has 3 aromatic rings. The number of hydrogen-bond acceptors (Lipinski definition) is 5. The van der Waals surface area contributed by atoms with Crippen molar-refractivity contribution >= 4 is 40.7 Å². The van der Waals surface area contributed by atoms with Crippen molar-refractivity contribution in [3.8, 4) is 5.75 Å². The summed E-state index contributed by atoms with van der Waals surface area (Å²) in [4.78, 5) is 30.6. The number of amides is 1. The van der Waals surface area contributed by atoms with Gasteiger partial charge in [0.15, 0.2) is 5.78 Å². The molecule has 7 heteroatoms. The first-order chi connectivity index (χ1) is 16.6. The molecule has 4 atom stereocenters. The predicted molar refractivity (Wildman–Crippen MR) is 135 cm³/mol. The van der Waals surface area contributed by atoms with Crippen molar-refractivity contribution < 1.29 is 14.3 Å². The number of thioether (sulfide) groups is 1. The van der Waals surface area contributed by atoms with Gasteiger partial charge < -0.3 is 10.1 Å². The van der Waals surface area contributed by atoms with E-state index < -0.39 is 11.5 Å². The number of rotatable bonds is 4. The minimum absolute atomic E-state index is 0.0224. The predicted octanol–water partition coefficient (Wildman–Crippen LogP) is 5.17. The summed E-state index contributed by atoms with van der Waals surface area (Å²) < 4.78 is 5.53. The van der Waals surface area contributed by atoms with E-state index in [-0.39, 0.29) is 23.7 Å². The lowest BCUT2D eigenvalue weighted by molar-refractivity contribution is -0.127. The average Bonchev–Trinajstić information content (AvgIpc) is 3.53. The molecule has 0 bridgehead atoms. The van der Waals surface area contributed by atoms with Gasteiger partial charge in [-0.2, -0.15) is 0 Å². The summed E-state index contributed by atoms with van der Waals surface area (Å²) >= 11 is 8.01. The SMILES string of the molecule is COc1ccc2c(c1)C1(C(=O)N2)C(C(=O)c2ccccc2)C(c2ccc(Cl)cc2)C2CSCN21. The monoisotopic (exact) mass is 490 g/mol. The summed E-state index contributed by atoms with van der Waals surface area (Å²) in [7, 11) is 1.62. The second kappa shape index (κ2) is 8.15. The van der Waals surface area contributed by atoms with E-state index in [2.05, 4.69) is 10.2 Å². The molecule has 0 aromatic heterocycles. The van der Waals surface area contributed by atoms with Gasteiger partial charge in [0.05, 0.1) is 13.0 Å². The number of hydrogen-bond donors (Lipinski definition) is 1. The molecule has 3 aliphatic rings. The third kappa shape index (κ3) is 2.98. The number of carbonyl (C=O) groups is 2. The molecule has 1 spiro atoms. The number of fused-ring (bicyclic) bond motifs is 4. The van der Waals surface area contributed by atoms with Gasteiger partial charge in [-0.15, -0.1) is 11.8 Å². The lowest BCUT2D eigenvalue weighted by Gasteiger charge is -2.36. The van der Waals surface area contributed by atoms with Crippen LogP contribution in [-0.2, 0) is 10.3 Å². The molecule has 34 heavy (non-hydrogen) atoms. The van der Waals surface area contributed by atoms with Crippen LogP contribution in [0.2, 0.25) is 5.02 Å². The van der Waals surface area contributed by atoms with Crippen molar-refractivity contribution in [3.63, 3.8) is 0 Å². The molecule has 3 aliphatic heterocycles. The van der Waals surface area contributed by atoms with Crippen LogP contribution in [0.3, 0.4) is 0 Å². The zero-order valence-corrected chi connectivity index (χ0v) is 20.1. The summed E-state index contributed by atoms with van der Waals surface area (Å²) in [6.07, 6.45) is 0. The molecule has 5 nitrogen and oxygen atoms in total. The van der Waals surface area contributed by atoms with Crippen LogP contribution in [-0.4, -0.2) is 41.4 Å². The fraction of sp³-hybridized carbons (Fsp3) is 0.259. The van der Waals surface area contributed by atoms with E-state index in [0.717, 1.165) is 22.6 Å². The highest BCUT2D eigenvalue weighted by Gasteiger charge is 2.69. The molecule has 4 unspecified atom stereocenters. The number of anilines is 1. The maximum Gasteiger partial charge on any atom is 0.250 e. The van der Waals surface area contributed by atoms with Crippen LogP contribution in [0.25, 0.3) is 0 Å². The Hall–Kier alpha value is -2.80. The number of nitrogens with zero attached hydrogens (tertiary/aromatic N) is 1. The lowest BCUT2D eigenvalue weighted by Crippen LogP contribution is -2.52. The average molecular weight is 491 g/mol. The molecule has 172 valence electrons. The van der Waals surface area contributed by atoms with Crippen molar-refractivity contribution in [2.45, 2.75) is 17.5 Å². The van der Waals surface area contributed by atoms with E-state index in [0.29, 0.717) is 22.2 Å². The second-order valence-corrected chi connectivity index (χ2v) is 10.4. The van der Waals surface area contributed by atoms with Crippen LogP contribution >= 0.6 is 23.4 Å². The first kappa shape index (κ1) is 21.7. The van der Waals surface area contributed by atoms with Gasteiger partial charge in [-0.1, -0.05) is 54.1 Å². The van der Waals surface area contributed by atoms with Crippen LogP contribution in [0.1, 0.15) is 27.4 Å². The zero-order valence-electron chi connectivity index (χ0n) is 18.5. The maximum atomic E-state index is 14.3. The Kier molecular flexibility index (Phi) is 5.21. The van der Waals surface area contributed by atoms with Gasteiger partial charge in [0.1, 0.15) is 11.3 Å². The van der Waals surface area contributed by atoms with E-state index in [1.807, 2.05) is 72.8 Å². The first-order valence-electron chi connectivity index (χ1n) is 11.2. The van der Waals surface area contributed by atoms with Gasteiger partial charge in [0.2, 0.25) is 5.91 Å². The molecule has 1 N–H and O–H groups in total. The summed E-state index contributed by atoms with van der Waals surface area (Å²) in [6.45, 7) is 0. The maximum absolute atomic E-state index is 14.3. The first-order valence-corrected chi connectivity index (χ1v) is 12.8. The third-order valence-corrected chi connectivity index (χ3v) is 8.71. The lowest BCUT2D eigenvalue weighted by atomic mass is 9.69. The third-order valence-electron chi connectivity index (χ3n) is 7.42.